The highest BCUT2D eigenvalue weighted by atomic mass is 19.4. The highest BCUT2D eigenvalue weighted by molar-refractivity contribution is 6.09. The molecule has 4 amide bonds. The number of carbonyl (C=O) groups excluding carboxylic acids is 3. The van der Waals surface area contributed by atoms with Crippen molar-refractivity contribution in [3.05, 3.63) is 35.4 Å². The quantitative estimate of drug-likeness (QED) is 0.700. The molecule has 0 aromatic heterocycles. The molecule has 0 bridgehead atoms. The lowest BCUT2D eigenvalue weighted by atomic mass is 9.67. The van der Waals surface area contributed by atoms with E-state index in [9.17, 15) is 27.6 Å². The molecule has 1 spiro atoms. The van der Waals surface area contributed by atoms with Crippen LogP contribution in [-0.4, -0.2) is 34.8 Å². The van der Waals surface area contributed by atoms with Crippen molar-refractivity contribution in [3.63, 3.8) is 0 Å². The third-order valence-electron chi connectivity index (χ3n) is 6.36. The monoisotopic (exact) mass is 439 g/mol. The average molecular weight is 439 g/mol. The van der Waals surface area contributed by atoms with Gasteiger partial charge in [-0.05, 0) is 54.7 Å². The fraction of sp³-hybridized carbons (Fsp3) is 0.591. The van der Waals surface area contributed by atoms with Crippen LogP contribution >= 0.6 is 0 Å². The molecule has 1 aromatic rings. The van der Waals surface area contributed by atoms with Gasteiger partial charge in [0, 0.05) is 6.54 Å². The Labute approximate surface area is 179 Å². The van der Waals surface area contributed by atoms with Gasteiger partial charge in [-0.1, -0.05) is 32.9 Å². The SMILES string of the molecule is CC(C)(C)C1CCC2(CC1)NC(=O)N(CC(=O)NCc1cccc(C(F)(F)F)c1)C2=O. The number of imide groups is 1. The molecule has 0 atom stereocenters. The molecule has 9 heteroatoms. The molecule has 3 rings (SSSR count). The van der Waals surface area contributed by atoms with E-state index in [1.54, 1.807) is 0 Å². The molecule has 2 fully saturated rings. The number of benzene rings is 1. The van der Waals surface area contributed by atoms with Crippen molar-refractivity contribution in [2.75, 3.05) is 6.54 Å². The van der Waals surface area contributed by atoms with Crippen LogP contribution < -0.4 is 10.6 Å². The van der Waals surface area contributed by atoms with E-state index in [0.29, 0.717) is 18.8 Å². The summed E-state index contributed by atoms with van der Waals surface area (Å²) in [6, 6.07) is 4.03. The van der Waals surface area contributed by atoms with Gasteiger partial charge in [0.2, 0.25) is 5.91 Å². The molecule has 1 aliphatic heterocycles. The standard InChI is InChI=1S/C22H28F3N3O3/c1-20(2,3)15-7-9-21(10-8-15)18(30)28(19(31)27-21)13-17(29)26-12-14-5-4-6-16(11-14)22(23,24)25/h4-6,11,15H,7-10,12-13H2,1-3H3,(H,26,29)(H,27,31). The summed E-state index contributed by atoms with van der Waals surface area (Å²) in [6.45, 7) is 5.88. The van der Waals surface area contributed by atoms with Crippen LogP contribution in [0.5, 0.6) is 0 Å². The third kappa shape index (κ3) is 5.02. The second-order valence-corrected chi connectivity index (χ2v) is 9.52. The van der Waals surface area contributed by atoms with Crippen LogP contribution in [0, 0.1) is 11.3 Å². The van der Waals surface area contributed by atoms with Crippen LogP contribution in [0.2, 0.25) is 0 Å². The summed E-state index contributed by atoms with van der Waals surface area (Å²) in [4.78, 5) is 38.5. The Morgan fingerprint density at radius 3 is 2.42 bits per heavy atom. The smallest absolute Gasteiger partial charge is 0.350 e. The van der Waals surface area contributed by atoms with Gasteiger partial charge >= 0.3 is 12.2 Å². The van der Waals surface area contributed by atoms with Gasteiger partial charge in [-0.3, -0.25) is 14.5 Å². The molecule has 0 radical (unpaired) electrons. The first-order valence-electron chi connectivity index (χ1n) is 10.4. The first kappa shape index (κ1) is 23.1. The summed E-state index contributed by atoms with van der Waals surface area (Å²) in [6.07, 6.45) is -1.79. The van der Waals surface area contributed by atoms with E-state index in [0.717, 1.165) is 29.9 Å². The van der Waals surface area contributed by atoms with E-state index < -0.39 is 41.7 Å². The van der Waals surface area contributed by atoms with Crippen molar-refractivity contribution in [3.8, 4) is 0 Å². The summed E-state index contributed by atoms with van der Waals surface area (Å²) in [5.41, 5.74) is -1.37. The maximum absolute atomic E-state index is 13.0. The van der Waals surface area contributed by atoms with Crippen LogP contribution in [-0.2, 0) is 22.3 Å². The molecule has 1 aromatic carbocycles. The second-order valence-electron chi connectivity index (χ2n) is 9.52. The summed E-state index contributed by atoms with van der Waals surface area (Å²) >= 11 is 0. The molecule has 6 nitrogen and oxygen atoms in total. The lowest BCUT2D eigenvalue weighted by Crippen LogP contribution is -2.51. The molecule has 2 N–H and O–H groups in total. The van der Waals surface area contributed by atoms with E-state index in [-0.39, 0.29) is 17.5 Å². The lowest BCUT2D eigenvalue weighted by molar-refractivity contribution is -0.137. The van der Waals surface area contributed by atoms with Gasteiger partial charge in [0.25, 0.3) is 5.91 Å². The molecular formula is C22H28F3N3O3. The van der Waals surface area contributed by atoms with E-state index in [1.165, 1.54) is 12.1 Å². The topological polar surface area (TPSA) is 78.5 Å². The number of halogens is 3. The molecule has 170 valence electrons. The number of carbonyl (C=O) groups is 3. The minimum absolute atomic E-state index is 0.121. The molecule has 1 saturated heterocycles. The normalized spacial score (nSPS) is 24.5. The van der Waals surface area contributed by atoms with Crippen LogP contribution in [0.1, 0.15) is 57.6 Å². The number of hydrogen-bond donors (Lipinski definition) is 2. The number of amides is 4. The number of hydrogen-bond acceptors (Lipinski definition) is 3. The molecule has 1 saturated carbocycles. The summed E-state index contributed by atoms with van der Waals surface area (Å²) < 4.78 is 38.4. The Hall–Kier alpha value is -2.58. The number of nitrogens with one attached hydrogen (secondary N) is 2. The Kier molecular flexibility index (Phi) is 6.08. The van der Waals surface area contributed by atoms with Crippen LogP contribution in [0.3, 0.4) is 0 Å². The fourth-order valence-electron chi connectivity index (χ4n) is 4.39. The number of rotatable bonds is 4. The van der Waals surface area contributed by atoms with Gasteiger partial charge < -0.3 is 10.6 Å². The molecule has 2 aliphatic rings. The highest BCUT2D eigenvalue weighted by Gasteiger charge is 2.53. The largest absolute Gasteiger partial charge is 0.416 e. The van der Waals surface area contributed by atoms with Crippen molar-refractivity contribution in [2.24, 2.45) is 11.3 Å². The Morgan fingerprint density at radius 1 is 1.19 bits per heavy atom. The second kappa shape index (κ2) is 8.16. The molecule has 31 heavy (non-hydrogen) atoms. The number of urea groups is 1. The van der Waals surface area contributed by atoms with Crippen LogP contribution in [0.4, 0.5) is 18.0 Å². The minimum atomic E-state index is -4.47. The Bertz CT molecular complexity index is 869. The predicted molar refractivity (Wildman–Crippen MR) is 108 cm³/mol. The number of alkyl halides is 3. The molecule has 1 aliphatic carbocycles. The zero-order valence-electron chi connectivity index (χ0n) is 17.9. The Morgan fingerprint density at radius 2 is 1.84 bits per heavy atom. The highest BCUT2D eigenvalue weighted by Crippen LogP contribution is 2.43. The van der Waals surface area contributed by atoms with Crippen molar-refractivity contribution in [2.45, 2.75) is 64.7 Å². The molecule has 0 unspecified atom stereocenters. The summed E-state index contributed by atoms with van der Waals surface area (Å²) in [5, 5.41) is 5.26. The van der Waals surface area contributed by atoms with Gasteiger partial charge in [0.15, 0.2) is 0 Å². The third-order valence-corrected chi connectivity index (χ3v) is 6.36. The fourth-order valence-corrected chi connectivity index (χ4v) is 4.39. The van der Waals surface area contributed by atoms with Gasteiger partial charge in [-0.15, -0.1) is 0 Å². The van der Waals surface area contributed by atoms with Crippen molar-refractivity contribution < 1.29 is 27.6 Å². The Balaban J connectivity index is 1.57. The van der Waals surface area contributed by atoms with Crippen LogP contribution in [0.15, 0.2) is 24.3 Å². The predicted octanol–water partition coefficient (Wildman–Crippen LogP) is 3.85. The molecule has 1 heterocycles. The summed E-state index contributed by atoms with van der Waals surface area (Å²) in [7, 11) is 0. The van der Waals surface area contributed by atoms with E-state index in [4.69, 9.17) is 0 Å². The lowest BCUT2D eigenvalue weighted by Gasteiger charge is -2.40. The van der Waals surface area contributed by atoms with E-state index in [1.807, 2.05) is 0 Å². The van der Waals surface area contributed by atoms with Gasteiger partial charge in [-0.2, -0.15) is 13.2 Å². The summed E-state index contributed by atoms with van der Waals surface area (Å²) in [5.74, 6) is -0.562. The van der Waals surface area contributed by atoms with Crippen molar-refractivity contribution in [1.82, 2.24) is 15.5 Å². The molecular weight excluding hydrogens is 411 g/mol. The van der Waals surface area contributed by atoms with E-state index >= 15 is 0 Å². The van der Waals surface area contributed by atoms with E-state index in [2.05, 4.69) is 31.4 Å². The van der Waals surface area contributed by atoms with Crippen molar-refractivity contribution >= 4 is 17.8 Å². The van der Waals surface area contributed by atoms with Gasteiger partial charge in [0.1, 0.15) is 12.1 Å². The maximum Gasteiger partial charge on any atom is 0.416 e. The van der Waals surface area contributed by atoms with Gasteiger partial charge in [-0.25, -0.2) is 4.79 Å². The first-order valence-corrected chi connectivity index (χ1v) is 10.4. The zero-order chi connectivity index (χ0) is 23.0. The van der Waals surface area contributed by atoms with Crippen molar-refractivity contribution in [1.29, 1.82) is 0 Å². The minimum Gasteiger partial charge on any atom is -0.350 e. The van der Waals surface area contributed by atoms with Crippen LogP contribution in [0.25, 0.3) is 0 Å². The first-order chi connectivity index (χ1) is 14.3. The van der Waals surface area contributed by atoms with Gasteiger partial charge in [0.05, 0.1) is 5.56 Å². The average Bonchev–Trinajstić information content (AvgIpc) is 2.89. The zero-order valence-corrected chi connectivity index (χ0v) is 17.9. The number of nitrogens with zero attached hydrogens (tertiary/aromatic N) is 1. The maximum atomic E-state index is 13.0.